The normalized spacial score (nSPS) is 10.8. The molecule has 0 radical (unpaired) electrons. The second-order valence-corrected chi connectivity index (χ2v) is 4.59. The molecule has 0 saturated heterocycles. The summed E-state index contributed by atoms with van der Waals surface area (Å²) >= 11 is 6.23. The summed E-state index contributed by atoms with van der Waals surface area (Å²) in [6.07, 6.45) is 1.82. The molecule has 0 saturated carbocycles. The van der Waals surface area contributed by atoms with Crippen molar-refractivity contribution in [3.05, 3.63) is 52.1 Å². The van der Waals surface area contributed by atoms with Crippen LogP contribution in [0.5, 0.6) is 0 Å². The van der Waals surface area contributed by atoms with Crippen molar-refractivity contribution in [3.8, 4) is 0 Å². The number of halogens is 1. The minimum absolute atomic E-state index is 0.490. The molecule has 1 aromatic carbocycles. The first kappa shape index (κ1) is 12.1. The predicted molar refractivity (Wildman–Crippen MR) is 70.1 cm³/mol. The molecule has 4 heteroatoms. The summed E-state index contributed by atoms with van der Waals surface area (Å²) in [5.41, 5.74) is 8.97. The molecule has 90 valence electrons. The zero-order chi connectivity index (χ0) is 12.4. The van der Waals surface area contributed by atoms with Gasteiger partial charge in [0.2, 0.25) is 0 Å². The molecule has 0 aliphatic heterocycles. The Balaban J connectivity index is 2.34. The third-order valence-electron chi connectivity index (χ3n) is 2.88. The van der Waals surface area contributed by atoms with Gasteiger partial charge >= 0.3 is 0 Å². The number of hydrogen-bond acceptors (Lipinski definition) is 2. The predicted octanol–water partition coefficient (Wildman–Crippen LogP) is 2.66. The second-order valence-electron chi connectivity index (χ2n) is 4.18. The van der Waals surface area contributed by atoms with Crippen molar-refractivity contribution in [1.82, 2.24) is 9.55 Å². The van der Waals surface area contributed by atoms with Crippen LogP contribution in [0, 0.1) is 13.8 Å². The van der Waals surface area contributed by atoms with Gasteiger partial charge in [-0.15, -0.1) is 0 Å². The molecule has 2 rings (SSSR count). The van der Waals surface area contributed by atoms with Gasteiger partial charge in [-0.05, 0) is 31.0 Å². The van der Waals surface area contributed by atoms with Crippen molar-refractivity contribution < 1.29 is 0 Å². The highest BCUT2D eigenvalue weighted by molar-refractivity contribution is 6.31. The molecule has 0 aliphatic rings. The van der Waals surface area contributed by atoms with Gasteiger partial charge < -0.3 is 10.3 Å². The lowest BCUT2D eigenvalue weighted by atomic mass is 10.1. The Labute approximate surface area is 106 Å². The third kappa shape index (κ3) is 2.51. The van der Waals surface area contributed by atoms with E-state index in [0.29, 0.717) is 6.54 Å². The van der Waals surface area contributed by atoms with E-state index in [9.17, 15) is 0 Å². The van der Waals surface area contributed by atoms with Gasteiger partial charge in [0.15, 0.2) is 0 Å². The lowest BCUT2D eigenvalue weighted by Gasteiger charge is -2.11. The van der Waals surface area contributed by atoms with Gasteiger partial charge in [0.1, 0.15) is 5.82 Å². The van der Waals surface area contributed by atoms with Gasteiger partial charge in [0, 0.05) is 17.8 Å². The molecule has 1 heterocycles. The summed E-state index contributed by atoms with van der Waals surface area (Å²) in [5.74, 6) is 0.960. The first-order valence-electron chi connectivity index (χ1n) is 5.58. The number of rotatable bonds is 3. The van der Waals surface area contributed by atoms with E-state index in [1.807, 2.05) is 26.1 Å². The number of nitrogens with two attached hydrogens (primary N) is 1. The number of imidazole rings is 1. The van der Waals surface area contributed by atoms with Gasteiger partial charge in [0.05, 0.1) is 12.2 Å². The first-order valence-corrected chi connectivity index (χ1v) is 5.95. The summed E-state index contributed by atoms with van der Waals surface area (Å²) in [6.45, 7) is 5.21. The SMILES string of the molecule is Cc1ccc(Cn2c(CN)cnc2C)c(Cl)c1. The molecule has 0 unspecified atom stereocenters. The van der Waals surface area contributed by atoms with Crippen LogP contribution in [-0.4, -0.2) is 9.55 Å². The van der Waals surface area contributed by atoms with Gasteiger partial charge in [0.25, 0.3) is 0 Å². The van der Waals surface area contributed by atoms with E-state index in [4.69, 9.17) is 17.3 Å². The zero-order valence-corrected chi connectivity index (χ0v) is 10.8. The fourth-order valence-electron chi connectivity index (χ4n) is 1.84. The van der Waals surface area contributed by atoms with Crippen LogP contribution in [0.3, 0.4) is 0 Å². The fraction of sp³-hybridized carbons (Fsp3) is 0.308. The summed E-state index contributed by atoms with van der Waals surface area (Å²) in [4.78, 5) is 4.27. The Bertz CT molecular complexity index is 531. The van der Waals surface area contributed by atoms with Crippen LogP contribution < -0.4 is 5.73 Å². The lowest BCUT2D eigenvalue weighted by Crippen LogP contribution is -2.10. The Morgan fingerprint density at radius 2 is 2.12 bits per heavy atom. The molecule has 2 aromatic rings. The van der Waals surface area contributed by atoms with E-state index in [1.165, 1.54) is 5.56 Å². The topological polar surface area (TPSA) is 43.8 Å². The molecule has 0 spiro atoms. The summed E-state index contributed by atoms with van der Waals surface area (Å²) in [7, 11) is 0. The van der Waals surface area contributed by atoms with Crippen LogP contribution in [-0.2, 0) is 13.1 Å². The van der Waals surface area contributed by atoms with E-state index in [2.05, 4.69) is 21.7 Å². The van der Waals surface area contributed by atoms with Crippen molar-refractivity contribution in [2.45, 2.75) is 26.9 Å². The van der Waals surface area contributed by atoms with Crippen LogP contribution in [0.25, 0.3) is 0 Å². The molecule has 17 heavy (non-hydrogen) atoms. The molecular formula is C13H16ClN3. The monoisotopic (exact) mass is 249 g/mol. The average Bonchev–Trinajstić information content (AvgIpc) is 2.64. The lowest BCUT2D eigenvalue weighted by molar-refractivity contribution is 0.713. The van der Waals surface area contributed by atoms with Crippen molar-refractivity contribution in [2.24, 2.45) is 5.73 Å². The largest absolute Gasteiger partial charge is 0.327 e. The quantitative estimate of drug-likeness (QED) is 0.909. The van der Waals surface area contributed by atoms with Gasteiger partial charge in [-0.2, -0.15) is 0 Å². The number of benzene rings is 1. The fourth-order valence-corrected chi connectivity index (χ4v) is 2.14. The van der Waals surface area contributed by atoms with Crippen LogP contribution in [0.4, 0.5) is 0 Å². The maximum Gasteiger partial charge on any atom is 0.106 e. The Morgan fingerprint density at radius 3 is 2.76 bits per heavy atom. The minimum atomic E-state index is 0.490. The van der Waals surface area contributed by atoms with E-state index >= 15 is 0 Å². The van der Waals surface area contributed by atoms with Crippen molar-refractivity contribution in [2.75, 3.05) is 0 Å². The van der Waals surface area contributed by atoms with Gasteiger partial charge in [-0.25, -0.2) is 4.98 Å². The molecule has 2 N–H and O–H groups in total. The summed E-state index contributed by atoms with van der Waals surface area (Å²) < 4.78 is 2.09. The van der Waals surface area contributed by atoms with Crippen molar-refractivity contribution in [3.63, 3.8) is 0 Å². The van der Waals surface area contributed by atoms with E-state index in [-0.39, 0.29) is 0 Å². The highest BCUT2D eigenvalue weighted by atomic mass is 35.5. The first-order chi connectivity index (χ1) is 8.11. The van der Waals surface area contributed by atoms with Crippen molar-refractivity contribution >= 4 is 11.6 Å². The van der Waals surface area contributed by atoms with Gasteiger partial charge in [-0.3, -0.25) is 0 Å². The van der Waals surface area contributed by atoms with E-state index in [1.54, 1.807) is 0 Å². The summed E-state index contributed by atoms with van der Waals surface area (Å²) in [5, 5.41) is 0.793. The van der Waals surface area contributed by atoms with Crippen LogP contribution in [0.1, 0.15) is 22.6 Å². The third-order valence-corrected chi connectivity index (χ3v) is 3.24. The standard InChI is InChI=1S/C13H16ClN3/c1-9-3-4-11(13(14)5-9)8-17-10(2)16-7-12(17)6-15/h3-5,7H,6,8,15H2,1-2H3. The number of aromatic nitrogens is 2. The second kappa shape index (κ2) is 4.90. The molecule has 0 amide bonds. The van der Waals surface area contributed by atoms with Gasteiger partial charge in [-0.1, -0.05) is 23.7 Å². The smallest absolute Gasteiger partial charge is 0.106 e. The number of aryl methyl sites for hydroxylation is 2. The maximum absolute atomic E-state index is 6.23. The van der Waals surface area contributed by atoms with Crippen molar-refractivity contribution in [1.29, 1.82) is 0 Å². The highest BCUT2D eigenvalue weighted by Gasteiger charge is 2.08. The molecule has 0 aliphatic carbocycles. The molecular weight excluding hydrogens is 234 g/mol. The minimum Gasteiger partial charge on any atom is -0.327 e. The van der Waals surface area contributed by atoms with Crippen LogP contribution >= 0.6 is 11.6 Å². The molecule has 1 aromatic heterocycles. The highest BCUT2D eigenvalue weighted by Crippen LogP contribution is 2.20. The Hall–Kier alpha value is -1.32. The number of nitrogens with zero attached hydrogens (tertiary/aromatic N) is 2. The Morgan fingerprint density at radius 1 is 1.35 bits per heavy atom. The van der Waals surface area contributed by atoms with E-state index < -0.39 is 0 Å². The molecule has 0 fully saturated rings. The van der Waals surface area contributed by atoms with E-state index in [0.717, 1.165) is 28.6 Å². The molecule has 0 bridgehead atoms. The molecule has 0 atom stereocenters. The van der Waals surface area contributed by atoms with Crippen LogP contribution in [0.15, 0.2) is 24.4 Å². The zero-order valence-electron chi connectivity index (χ0n) is 10.1. The summed E-state index contributed by atoms with van der Waals surface area (Å²) in [6, 6.07) is 6.10. The maximum atomic E-state index is 6.23. The average molecular weight is 250 g/mol. The Kier molecular flexibility index (Phi) is 3.50. The number of hydrogen-bond donors (Lipinski definition) is 1. The molecule has 3 nitrogen and oxygen atoms in total. The van der Waals surface area contributed by atoms with Crippen LogP contribution in [0.2, 0.25) is 5.02 Å².